The first-order chi connectivity index (χ1) is 15.9. The number of aryl methyl sites for hydroxylation is 1. The Kier molecular flexibility index (Phi) is 5.40. The van der Waals surface area contributed by atoms with Gasteiger partial charge in [-0.15, -0.1) is 0 Å². The molecule has 184 valence electrons. The van der Waals surface area contributed by atoms with Crippen molar-refractivity contribution in [2.45, 2.75) is 96.6 Å². The molecule has 6 rings (SSSR count). The van der Waals surface area contributed by atoms with Crippen LogP contribution in [0.5, 0.6) is 0 Å². The van der Waals surface area contributed by atoms with Crippen molar-refractivity contribution < 1.29 is 14.7 Å². The van der Waals surface area contributed by atoms with Gasteiger partial charge in [0.2, 0.25) is 0 Å². The minimum absolute atomic E-state index is 0.106. The second kappa shape index (κ2) is 7.74. The summed E-state index contributed by atoms with van der Waals surface area (Å²) in [7, 11) is 0. The van der Waals surface area contributed by atoms with E-state index in [2.05, 4.69) is 57.4 Å². The Morgan fingerprint density at radius 1 is 1.26 bits per heavy atom. The van der Waals surface area contributed by atoms with E-state index in [0.717, 1.165) is 54.7 Å². The summed E-state index contributed by atoms with van der Waals surface area (Å²) in [5.74, 6) is -0.130. The van der Waals surface area contributed by atoms with Crippen molar-refractivity contribution in [2.24, 2.45) is 16.7 Å². The number of fused-ring (bicyclic) bond motifs is 1. The SMILES string of the molecule is CCC1CC[C@@]2(c3ccc(CCC(C)(C)C)c(Cl)c3)NC(=O)N(C34CC(C(=O)O)(C3)C4)C=C2C1. The number of carboxylic acid groups (broad SMARTS) is 1. The van der Waals surface area contributed by atoms with Crippen LogP contribution in [0.3, 0.4) is 0 Å². The van der Waals surface area contributed by atoms with Crippen LogP contribution in [0, 0.1) is 16.7 Å². The number of aliphatic carboxylic acids is 1. The van der Waals surface area contributed by atoms with Crippen molar-refractivity contribution in [1.29, 1.82) is 0 Å². The normalized spacial score (nSPS) is 34.4. The summed E-state index contributed by atoms with van der Waals surface area (Å²) in [6.07, 6.45) is 9.73. The number of amides is 2. The Morgan fingerprint density at radius 3 is 2.56 bits per heavy atom. The van der Waals surface area contributed by atoms with Gasteiger partial charge in [-0.2, -0.15) is 0 Å². The topological polar surface area (TPSA) is 69.6 Å². The number of rotatable bonds is 6. The molecule has 5 nitrogen and oxygen atoms in total. The van der Waals surface area contributed by atoms with Crippen molar-refractivity contribution in [3.05, 3.63) is 46.1 Å². The molecular formula is C28H37ClN2O3. The average molecular weight is 485 g/mol. The van der Waals surface area contributed by atoms with Gasteiger partial charge in [0.05, 0.1) is 16.5 Å². The van der Waals surface area contributed by atoms with Gasteiger partial charge in [-0.05, 0) is 85.5 Å². The molecule has 4 fully saturated rings. The van der Waals surface area contributed by atoms with E-state index in [4.69, 9.17) is 11.6 Å². The fourth-order valence-corrected chi connectivity index (χ4v) is 7.05. The third kappa shape index (κ3) is 3.57. The Morgan fingerprint density at radius 2 is 1.97 bits per heavy atom. The molecule has 2 N–H and O–H groups in total. The highest BCUT2D eigenvalue weighted by molar-refractivity contribution is 6.31. The van der Waals surface area contributed by atoms with Crippen molar-refractivity contribution >= 4 is 23.6 Å². The van der Waals surface area contributed by atoms with Crippen LogP contribution in [0.4, 0.5) is 4.79 Å². The first kappa shape index (κ1) is 23.7. The lowest BCUT2D eigenvalue weighted by atomic mass is 9.38. The summed E-state index contributed by atoms with van der Waals surface area (Å²) in [5.41, 5.74) is 2.23. The quantitative estimate of drug-likeness (QED) is 0.475. The predicted molar refractivity (Wildman–Crippen MR) is 134 cm³/mol. The minimum atomic E-state index is -0.723. The van der Waals surface area contributed by atoms with Gasteiger partial charge < -0.3 is 10.4 Å². The number of halogens is 1. The molecule has 1 aromatic rings. The molecule has 2 bridgehead atoms. The van der Waals surface area contributed by atoms with E-state index in [1.54, 1.807) is 0 Å². The molecule has 2 atom stereocenters. The molecule has 1 aromatic carbocycles. The number of nitrogens with zero attached hydrogens (tertiary/aromatic N) is 1. The van der Waals surface area contributed by atoms with E-state index < -0.39 is 16.9 Å². The highest BCUT2D eigenvalue weighted by Crippen LogP contribution is 2.70. The number of urea groups is 1. The number of carbonyl (C=O) groups excluding carboxylic acids is 1. The van der Waals surface area contributed by atoms with Crippen molar-refractivity contribution in [2.75, 3.05) is 0 Å². The van der Waals surface area contributed by atoms with E-state index >= 15 is 0 Å². The molecule has 0 aromatic heterocycles. The van der Waals surface area contributed by atoms with Gasteiger partial charge in [0.25, 0.3) is 0 Å². The maximum Gasteiger partial charge on any atom is 0.322 e. The maximum absolute atomic E-state index is 13.5. The molecule has 6 heteroatoms. The lowest BCUT2D eigenvalue weighted by Crippen LogP contribution is -2.78. The van der Waals surface area contributed by atoms with E-state index in [1.807, 2.05) is 4.90 Å². The summed E-state index contributed by atoms with van der Waals surface area (Å²) in [4.78, 5) is 26.9. The Hall–Kier alpha value is -2.01. The highest BCUT2D eigenvalue weighted by atomic mass is 35.5. The summed E-state index contributed by atoms with van der Waals surface area (Å²) in [6.45, 7) is 8.96. The zero-order valence-corrected chi connectivity index (χ0v) is 21.6. The van der Waals surface area contributed by atoms with Crippen molar-refractivity contribution in [1.82, 2.24) is 10.2 Å². The molecule has 2 amide bonds. The third-order valence-electron chi connectivity index (χ3n) is 9.04. The molecule has 0 radical (unpaired) electrons. The molecular weight excluding hydrogens is 448 g/mol. The van der Waals surface area contributed by atoms with E-state index in [0.29, 0.717) is 25.2 Å². The van der Waals surface area contributed by atoms with E-state index in [9.17, 15) is 14.7 Å². The molecule has 5 aliphatic rings. The number of carboxylic acids is 1. The van der Waals surface area contributed by atoms with Crippen LogP contribution in [0.1, 0.15) is 90.2 Å². The van der Waals surface area contributed by atoms with Crippen molar-refractivity contribution in [3.63, 3.8) is 0 Å². The first-order valence-corrected chi connectivity index (χ1v) is 13.1. The number of hydrogen-bond donors (Lipinski definition) is 2. The van der Waals surface area contributed by atoms with Gasteiger partial charge in [0.1, 0.15) is 0 Å². The number of benzene rings is 1. The first-order valence-electron chi connectivity index (χ1n) is 12.8. The third-order valence-corrected chi connectivity index (χ3v) is 9.39. The molecule has 34 heavy (non-hydrogen) atoms. The zero-order valence-electron chi connectivity index (χ0n) is 20.8. The van der Waals surface area contributed by atoms with Gasteiger partial charge in [0.15, 0.2) is 0 Å². The molecule has 0 saturated heterocycles. The summed E-state index contributed by atoms with van der Waals surface area (Å²) < 4.78 is 0. The van der Waals surface area contributed by atoms with Crippen LogP contribution in [-0.4, -0.2) is 27.5 Å². The smallest absolute Gasteiger partial charge is 0.322 e. The molecule has 1 heterocycles. The van der Waals surface area contributed by atoms with Crippen LogP contribution in [-0.2, 0) is 16.8 Å². The van der Waals surface area contributed by atoms with Gasteiger partial charge >= 0.3 is 12.0 Å². The Bertz CT molecular complexity index is 1050. The molecule has 1 unspecified atom stereocenters. The fraction of sp³-hybridized carbons (Fsp3) is 0.643. The lowest BCUT2D eigenvalue weighted by molar-refractivity contribution is -0.215. The summed E-state index contributed by atoms with van der Waals surface area (Å²) in [5, 5.41) is 13.7. The fourth-order valence-electron chi connectivity index (χ4n) is 6.78. The number of carbonyl (C=O) groups is 2. The second-order valence-corrected chi connectivity index (χ2v) is 13.0. The number of nitrogens with one attached hydrogen (secondary N) is 1. The van der Waals surface area contributed by atoms with Gasteiger partial charge in [-0.25, -0.2) is 4.79 Å². The second-order valence-electron chi connectivity index (χ2n) is 12.6. The van der Waals surface area contributed by atoms with Crippen LogP contribution in [0.25, 0.3) is 0 Å². The lowest BCUT2D eigenvalue weighted by Gasteiger charge is -2.71. The van der Waals surface area contributed by atoms with Crippen LogP contribution in [0.15, 0.2) is 30.0 Å². The molecule has 1 aliphatic heterocycles. The largest absolute Gasteiger partial charge is 0.481 e. The summed E-state index contributed by atoms with van der Waals surface area (Å²) in [6, 6.07) is 6.25. The Balaban J connectivity index is 1.46. The minimum Gasteiger partial charge on any atom is -0.481 e. The van der Waals surface area contributed by atoms with Crippen LogP contribution < -0.4 is 5.32 Å². The predicted octanol–water partition coefficient (Wildman–Crippen LogP) is 6.64. The molecule has 4 saturated carbocycles. The van der Waals surface area contributed by atoms with E-state index in [1.165, 1.54) is 5.57 Å². The highest BCUT2D eigenvalue weighted by Gasteiger charge is 2.75. The summed E-state index contributed by atoms with van der Waals surface area (Å²) >= 11 is 6.78. The van der Waals surface area contributed by atoms with Gasteiger partial charge in [-0.3, -0.25) is 9.69 Å². The van der Waals surface area contributed by atoms with Crippen LogP contribution >= 0.6 is 11.6 Å². The maximum atomic E-state index is 13.5. The standard InChI is InChI=1S/C28H37ClN2O3/c1-5-18-8-11-28(20-7-6-19(22(29)13-20)9-10-25(2,3)4)21(12-18)14-31(24(34)30-28)27-15-26(16-27,17-27)23(32)33/h6-7,13-14,18H,5,8-12,15-17H2,1-4H3,(H,30,34)(H,32,33)/t18?,26?,27?,28-/m0/s1. The van der Waals surface area contributed by atoms with Gasteiger partial charge in [0, 0.05) is 11.2 Å². The molecule has 4 aliphatic carbocycles. The molecule has 0 spiro atoms. The number of hydrogen-bond acceptors (Lipinski definition) is 2. The average Bonchev–Trinajstić information content (AvgIpc) is 2.70. The monoisotopic (exact) mass is 484 g/mol. The van der Waals surface area contributed by atoms with Gasteiger partial charge in [-0.1, -0.05) is 57.8 Å². The van der Waals surface area contributed by atoms with Crippen molar-refractivity contribution in [3.8, 4) is 0 Å². The Labute approximate surface area is 207 Å². The van der Waals surface area contributed by atoms with Crippen LogP contribution in [0.2, 0.25) is 5.02 Å². The van der Waals surface area contributed by atoms with E-state index in [-0.39, 0.29) is 17.0 Å². The zero-order chi connectivity index (χ0) is 24.5.